The zero-order valence-electron chi connectivity index (χ0n) is 14.0. The number of carbonyl (C=O) groups excluding carboxylic acids is 1. The molecule has 1 N–H and O–H groups in total. The molecule has 2 aromatic heterocycles. The van der Waals surface area contributed by atoms with E-state index in [4.69, 9.17) is 0 Å². The Bertz CT molecular complexity index is 806. The largest absolute Gasteiger partial charge is 0.359 e. The van der Waals surface area contributed by atoms with E-state index < -0.39 is 0 Å². The van der Waals surface area contributed by atoms with Crippen LogP contribution >= 0.6 is 0 Å². The van der Waals surface area contributed by atoms with Gasteiger partial charge in [-0.3, -0.25) is 9.48 Å². The second kappa shape index (κ2) is 6.32. The number of nitriles is 1. The van der Waals surface area contributed by atoms with Crippen molar-refractivity contribution < 1.29 is 4.79 Å². The van der Waals surface area contributed by atoms with Crippen molar-refractivity contribution in [3.63, 3.8) is 0 Å². The Morgan fingerprint density at radius 2 is 2.21 bits per heavy atom. The van der Waals surface area contributed by atoms with Gasteiger partial charge in [0.15, 0.2) is 0 Å². The van der Waals surface area contributed by atoms with Crippen LogP contribution in [0.4, 0.5) is 5.82 Å². The SMILES string of the molecule is CNC(=O)[C@H]1CN(c2ccc(C)c(C#N)n2)C[C@@H]1c1cnn(C)c1. The second-order valence-electron chi connectivity index (χ2n) is 6.13. The van der Waals surface area contributed by atoms with Gasteiger partial charge >= 0.3 is 0 Å². The summed E-state index contributed by atoms with van der Waals surface area (Å²) >= 11 is 0. The first kappa shape index (κ1) is 16.0. The van der Waals surface area contributed by atoms with Gasteiger partial charge in [-0.1, -0.05) is 6.07 Å². The van der Waals surface area contributed by atoms with Gasteiger partial charge in [-0.2, -0.15) is 10.4 Å². The Morgan fingerprint density at radius 1 is 1.42 bits per heavy atom. The van der Waals surface area contributed by atoms with Crippen molar-refractivity contribution >= 4 is 11.7 Å². The fourth-order valence-corrected chi connectivity index (χ4v) is 3.22. The van der Waals surface area contributed by atoms with Crippen molar-refractivity contribution in [2.45, 2.75) is 12.8 Å². The van der Waals surface area contributed by atoms with E-state index in [2.05, 4.69) is 26.4 Å². The van der Waals surface area contributed by atoms with Gasteiger partial charge in [0.1, 0.15) is 17.6 Å². The fraction of sp³-hybridized carbons (Fsp3) is 0.412. The molecule has 24 heavy (non-hydrogen) atoms. The van der Waals surface area contributed by atoms with Gasteiger partial charge in [0.2, 0.25) is 5.91 Å². The quantitative estimate of drug-likeness (QED) is 0.909. The van der Waals surface area contributed by atoms with Gasteiger partial charge in [0.25, 0.3) is 0 Å². The second-order valence-corrected chi connectivity index (χ2v) is 6.13. The smallest absolute Gasteiger partial charge is 0.225 e. The van der Waals surface area contributed by atoms with Crippen LogP contribution < -0.4 is 10.2 Å². The third-order valence-corrected chi connectivity index (χ3v) is 4.57. The lowest BCUT2D eigenvalue weighted by atomic mass is 9.90. The zero-order chi connectivity index (χ0) is 17.3. The van der Waals surface area contributed by atoms with Crippen molar-refractivity contribution in [2.75, 3.05) is 25.0 Å². The molecule has 0 unspecified atom stereocenters. The number of nitrogens with zero attached hydrogens (tertiary/aromatic N) is 5. The number of amides is 1. The molecule has 124 valence electrons. The minimum Gasteiger partial charge on any atom is -0.359 e. The Labute approximate surface area is 140 Å². The maximum Gasteiger partial charge on any atom is 0.225 e. The molecular formula is C17H20N6O. The molecule has 0 saturated carbocycles. The molecular weight excluding hydrogens is 304 g/mol. The van der Waals surface area contributed by atoms with Gasteiger partial charge in [0.05, 0.1) is 12.1 Å². The molecule has 0 spiro atoms. The number of carbonyl (C=O) groups is 1. The first-order valence-corrected chi connectivity index (χ1v) is 7.86. The number of aromatic nitrogens is 3. The molecule has 2 atom stereocenters. The lowest BCUT2D eigenvalue weighted by molar-refractivity contribution is -0.124. The predicted molar refractivity (Wildman–Crippen MR) is 89.4 cm³/mol. The number of aryl methyl sites for hydroxylation is 2. The summed E-state index contributed by atoms with van der Waals surface area (Å²) in [6, 6.07) is 5.92. The minimum atomic E-state index is -0.173. The Balaban J connectivity index is 1.92. The Morgan fingerprint density at radius 3 is 2.83 bits per heavy atom. The lowest BCUT2D eigenvalue weighted by Crippen LogP contribution is -2.32. The van der Waals surface area contributed by atoms with Gasteiger partial charge in [-0.25, -0.2) is 4.98 Å². The highest BCUT2D eigenvalue weighted by Gasteiger charge is 2.39. The molecule has 0 aromatic carbocycles. The number of anilines is 1. The van der Waals surface area contributed by atoms with E-state index in [0.717, 1.165) is 16.9 Å². The van der Waals surface area contributed by atoms with Gasteiger partial charge in [-0.15, -0.1) is 0 Å². The highest BCUT2D eigenvalue weighted by molar-refractivity contribution is 5.81. The molecule has 2 aromatic rings. The molecule has 7 nitrogen and oxygen atoms in total. The topological polar surface area (TPSA) is 86.8 Å². The maximum absolute atomic E-state index is 12.3. The van der Waals surface area contributed by atoms with Crippen molar-refractivity contribution in [1.29, 1.82) is 5.26 Å². The van der Waals surface area contributed by atoms with Crippen LogP contribution in [0.1, 0.15) is 22.7 Å². The summed E-state index contributed by atoms with van der Waals surface area (Å²) in [5, 5.41) is 16.2. The number of nitrogens with one attached hydrogen (secondary N) is 1. The number of rotatable bonds is 3. The first-order valence-electron chi connectivity index (χ1n) is 7.86. The minimum absolute atomic E-state index is 0.0129. The van der Waals surface area contributed by atoms with Gasteiger partial charge < -0.3 is 10.2 Å². The fourth-order valence-electron chi connectivity index (χ4n) is 3.22. The van der Waals surface area contributed by atoms with Crippen molar-refractivity contribution in [3.8, 4) is 6.07 Å². The molecule has 1 aliphatic rings. The normalized spacial score (nSPS) is 20.0. The Hall–Kier alpha value is -2.88. The summed E-state index contributed by atoms with van der Waals surface area (Å²) in [5.74, 6) is 0.622. The van der Waals surface area contributed by atoms with Crippen LogP contribution in [0.25, 0.3) is 0 Å². The summed E-state index contributed by atoms with van der Waals surface area (Å²) in [5.41, 5.74) is 2.32. The monoisotopic (exact) mass is 324 g/mol. The molecule has 0 aliphatic carbocycles. The highest BCUT2D eigenvalue weighted by Crippen LogP contribution is 2.35. The molecule has 0 radical (unpaired) electrons. The average molecular weight is 324 g/mol. The van der Waals surface area contributed by atoms with Gasteiger partial charge in [0, 0.05) is 39.3 Å². The van der Waals surface area contributed by atoms with Crippen LogP contribution in [-0.4, -0.2) is 40.8 Å². The summed E-state index contributed by atoms with van der Waals surface area (Å²) < 4.78 is 1.75. The van der Waals surface area contributed by atoms with Crippen LogP contribution in [-0.2, 0) is 11.8 Å². The lowest BCUT2D eigenvalue weighted by Gasteiger charge is -2.17. The maximum atomic E-state index is 12.3. The first-order chi connectivity index (χ1) is 11.5. The van der Waals surface area contributed by atoms with E-state index in [1.165, 1.54) is 0 Å². The summed E-state index contributed by atoms with van der Waals surface area (Å²) in [4.78, 5) is 18.8. The average Bonchev–Trinajstić information content (AvgIpc) is 3.21. The van der Waals surface area contributed by atoms with E-state index in [1.54, 1.807) is 11.7 Å². The summed E-state index contributed by atoms with van der Waals surface area (Å²) in [6.45, 7) is 3.11. The van der Waals surface area contributed by atoms with Gasteiger partial charge in [-0.05, 0) is 24.1 Å². The molecule has 1 fully saturated rings. The molecule has 1 aliphatic heterocycles. The van der Waals surface area contributed by atoms with E-state index in [0.29, 0.717) is 18.8 Å². The molecule has 7 heteroatoms. The molecule has 1 saturated heterocycles. The third-order valence-electron chi connectivity index (χ3n) is 4.57. The molecule has 3 heterocycles. The van der Waals surface area contributed by atoms with Crippen molar-refractivity contribution in [3.05, 3.63) is 41.3 Å². The van der Waals surface area contributed by atoms with Crippen LogP contribution in [0.15, 0.2) is 24.5 Å². The van der Waals surface area contributed by atoms with Crippen molar-refractivity contribution in [1.82, 2.24) is 20.1 Å². The standard InChI is InChI=1S/C17H20N6O/c1-11-4-5-16(21-15(11)6-18)23-9-13(12-7-20-22(3)8-12)14(10-23)17(24)19-2/h4-5,7-8,13-14H,9-10H2,1-3H3,(H,19,24)/t13-,14+/m1/s1. The Kier molecular flexibility index (Phi) is 4.21. The molecule has 3 rings (SSSR count). The molecule has 1 amide bonds. The predicted octanol–water partition coefficient (Wildman–Crippen LogP) is 0.961. The van der Waals surface area contributed by atoms with Crippen LogP contribution in [0, 0.1) is 24.2 Å². The third kappa shape index (κ3) is 2.83. The van der Waals surface area contributed by atoms with E-state index >= 15 is 0 Å². The molecule has 0 bridgehead atoms. The summed E-state index contributed by atoms with van der Waals surface area (Å²) in [6.07, 6.45) is 3.76. The zero-order valence-corrected chi connectivity index (χ0v) is 14.0. The van der Waals surface area contributed by atoms with Crippen LogP contribution in [0.5, 0.6) is 0 Å². The van der Waals surface area contributed by atoms with E-state index in [-0.39, 0.29) is 17.7 Å². The number of hydrogen-bond acceptors (Lipinski definition) is 5. The number of pyridine rings is 1. The van der Waals surface area contributed by atoms with Crippen molar-refractivity contribution in [2.24, 2.45) is 13.0 Å². The highest BCUT2D eigenvalue weighted by atomic mass is 16.1. The summed E-state index contributed by atoms with van der Waals surface area (Å²) in [7, 11) is 3.52. The number of hydrogen-bond donors (Lipinski definition) is 1. The van der Waals surface area contributed by atoms with E-state index in [9.17, 15) is 10.1 Å². The van der Waals surface area contributed by atoms with E-state index in [1.807, 2.05) is 38.5 Å². The van der Waals surface area contributed by atoms with Crippen LogP contribution in [0.2, 0.25) is 0 Å². The van der Waals surface area contributed by atoms with Crippen LogP contribution in [0.3, 0.4) is 0 Å².